The van der Waals surface area contributed by atoms with Crippen LogP contribution in [0.3, 0.4) is 0 Å². The van der Waals surface area contributed by atoms with Gasteiger partial charge < -0.3 is 10.2 Å². The van der Waals surface area contributed by atoms with Crippen LogP contribution in [-0.4, -0.2) is 47.0 Å². The minimum Gasteiger partial charge on any atom is -0.336 e. The molecule has 5 nitrogen and oxygen atoms in total. The third kappa shape index (κ3) is 1.82. The van der Waals surface area contributed by atoms with Crippen molar-refractivity contribution in [1.82, 2.24) is 20.2 Å². The summed E-state index contributed by atoms with van der Waals surface area (Å²) in [5.74, 6) is 0.0362. The van der Waals surface area contributed by atoms with E-state index in [1.165, 1.54) is 0 Å². The Kier molecular flexibility index (Phi) is 2.68. The number of carbonyl (C=O) groups excluding carboxylic acids is 1. The molecule has 2 aromatic rings. The first kappa shape index (κ1) is 11.1. The lowest BCUT2D eigenvalue weighted by Crippen LogP contribution is -2.57. The van der Waals surface area contributed by atoms with Gasteiger partial charge in [-0.2, -0.15) is 0 Å². The van der Waals surface area contributed by atoms with Crippen LogP contribution in [0.1, 0.15) is 10.4 Å². The van der Waals surface area contributed by atoms with E-state index < -0.39 is 0 Å². The molecule has 0 spiro atoms. The number of aromatic nitrogens is 2. The van der Waals surface area contributed by atoms with Crippen LogP contribution < -0.4 is 5.32 Å². The Labute approximate surface area is 105 Å². The van der Waals surface area contributed by atoms with Gasteiger partial charge in [0.05, 0.1) is 17.1 Å². The third-order valence-corrected chi connectivity index (χ3v) is 3.34. The molecular formula is C13H14N4O. The number of hydrogen-bond donors (Lipinski definition) is 1. The maximum absolute atomic E-state index is 12.3. The fourth-order valence-electron chi connectivity index (χ4n) is 2.01. The lowest BCUT2D eigenvalue weighted by molar-refractivity contribution is 0.0681. The quantitative estimate of drug-likeness (QED) is 0.841. The number of carbonyl (C=O) groups is 1. The standard InChI is InChI=1S/C13H14N4O/c1-17(10-7-14-8-10)13(18)9-2-3-11-12(6-9)16-5-4-15-11/h2-6,10,14H,7-8H2,1H3. The zero-order valence-electron chi connectivity index (χ0n) is 10.1. The molecule has 1 saturated heterocycles. The van der Waals surface area contributed by atoms with Gasteiger partial charge in [-0.15, -0.1) is 0 Å². The van der Waals surface area contributed by atoms with E-state index in [0.717, 1.165) is 24.1 Å². The van der Waals surface area contributed by atoms with Gasteiger partial charge in [-0.05, 0) is 18.2 Å². The molecule has 0 saturated carbocycles. The van der Waals surface area contributed by atoms with Crippen LogP contribution in [0.4, 0.5) is 0 Å². The minimum absolute atomic E-state index is 0.0362. The molecule has 1 aliphatic heterocycles. The molecule has 0 bridgehead atoms. The van der Waals surface area contributed by atoms with Crippen LogP contribution in [0.25, 0.3) is 11.0 Å². The van der Waals surface area contributed by atoms with Gasteiger partial charge in [-0.1, -0.05) is 0 Å². The van der Waals surface area contributed by atoms with E-state index in [9.17, 15) is 4.79 Å². The predicted octanol–water partition coefficient (Wildman–Crippen LogP) is 0.674. The third-order valence-electron chi connectivity index (χ3n) is 3.34. The van der Waals surface area contributed by atoms with Gasteiger partial charge in [-0.25, -0.2) is 0 Å². The molecule has 0 atom stereocenters. The molecule has 1 aliphatic rings. The summed E-state index contributed by atoms with van der Waals surface area (Å²) in [6, 6.07) is 5.74. The van der Waals surface area contributed by atoms with Gasteiger partial charge in [0.2, 0.25) is 0 Å². The van der Waals surface area contributed by atoms with Crippen LogP contribution >= 0.6 is 0 Å². The van der Waals surface area contributed by atoms with E-state index in [1.54, 1.807) is 23.4 Å². The average Bonchev–Trinajstić information content (AvgIpc) is 2.35. The van der Waals surface area contributed by atoms with Crippen molar-refractivity contribution in [2.45, 2.75) is 6.04 Å². The van der Waals surface area contributed by atoms with E-state index in [2.05, 4.69) is 15.3 Å². The number of hydrogen-bond acceptors (Lipinski definition) is 4. The van der Waals surface area contributed by atoms with Crippen LogP contribution in [-0.2, 0) is 0 Å². The second-order valence-corrected chi connectivity index (χ2v) is 4.49. The Hall–Kier alpha value is -2.01. The molecule has 2 heterocycles. The monoisotopic (exact) mass is 242 g/mol. The lowest BCUT2D eigenvalue weighted by atomic mass is 10.1. The summed E-state index contributed by atoms with van der Waals surface area (Å²) in [4.78, 5) is 22.5. The first-order valence-electron chi connectivity index (χ1n) is 5.94. The second kappa shape index (κ2) is 4.34. The fraction of sp³-hybridized carbons (Fsp3) is 0.308. The maximum Gasteiger partial charge on any atom is 0.254 e. The smallest absolute Gasteiger partial charge is 0.254 e. The van der Waals surface area contributed by atoms with Gasteiger partial charge >= 0.3 is 0 Å². The van der Waals surface area contributed by atoms with Gasteiger partial charge in [-0.3, -0.25) is 14.8 Å². The molecule has 1 fully saturated rings. The van der Waals surface area contributed by atoms with E-state index >= 15 is 0 Å². The summed E-state index contributed by atoms with van der Waals surface area (Å²) in [6.07, 6.45) is 3.28. The Morgan fingerprint density at radius 1 is 1.28 bits per heavy atom. The molecule has 1 amide bonds. The molecule has 1 aromatic heterocycles. The summed E-state index contributed by atoms with van der Waals surface area (Å²) in [6.45, 7) is 1.74. The van der Waals surface area contributed by atoms with E-state index in [1.807, 2.05) is 19.2 Å². The molecule has 0 unspecified atom stereocenters. The minimum atomic E-state index is 0.0362. The molecule has 92 valence electrons. The van der Waals surface area contributed by atoms with E-state index in [4.69, 9.17) is 0 Å². The Morgan fingerprint density at radius 2 is 2.00 bits per heavy atom. The average molecular weight is 242 g/mol. The summed E-state index contributed by atoms with van der Waals surface area (Å²) in [7, 11) is 1.84. The van der Waals surface area contributed by atoms with Gasteiger partial charge in [0.25, 0.3) is 5.91 Å². The second-order valence-electron chi connectivity index (χ2n) is 4.49. The van der Waals surface area contributed by atoms with Crippen molar-refractivity contribution in [3.05, 3.63) is 36.2 Å². The number of benzene rings is 1. The van der Waals surface area contributed by atoms with Crippen LogP contribution in [0.2, 0.25) is 0 Å². The number of likely N-dealkylation sites (N-methyl/N-ethyl adjacent to an activating group) is 1. The van der Waals surface area contributed by atoms with Gasteiger partial charge in [0.15, 0.2) is 0 Å². The number of nitrogens with zero attached hydrogens (tertiary/aromatic N) is 3. The molecule has 0 radical (unpaired) electrons. The van der Waals surface area contributed by atoms with Crippen LogP contribution in [0.15, 0.2) is 30.6 Å². The fourth-order valence-corrected chi connectivity index (χ4v) is 2.01. The molecule has 0 aliphatic carbocycles. The zero-order valence-corrected chi connectivity index (χ0v) is 10.1. The molecule has 5 heteroatoms. The number of fused-ring (bicyclic) bond motifs is 1. The summed E-state index contributed by atoms with van der Waals surface area (Å²) in [5, 5.41) is 3.16. The van der Waals surface area contributed by atoms with Crippen molar-refractivity contribution < 1.29 is 4.79 Å². The van der Waals surface area contributed by atoms with Gasteiger partial charge in [0, 0.05) is 38.1 Å². The normalized spacial score (nSPS) is 15.4. The predicted molar refractivity (Wildman–Crippen MR) is 68.3 cm³/mol. The maximum atomic E-state index is 12.3. The van der Waals surface area contributed by atoms with Crippen LogP contribution in [0, 0.1) is 0 Å². The topological polar surface area (TPSA) is 58.1 Å². The van der Waals surface area contributed by atoms with Crippen LogP contribution in [0.5, 0.6) is 0 Å². The Bertz CT molecular complexity index is 594. The summed E-state index contributed by atoms with van der Waals surface area (Å²) < 4.78 is 0. The number of nitrogens with one attached hydrogen (secondary N) is 1. The van der Waals surface area contributed by atoms with Crippen molar-refractivity contribution in [3.63, 3.8) is 0 Å². The van der Waals surface area contributed by atoms with Gasteiger partial charge in [0.1, 0.15) is 0 Å². The SMILES string of the molecule is CN(C(=O)c1ccc2nccnc2c1)C1CNC1. The molecular weight excluding hydrogens is 228 g/mol. The first-order valence-corrected chi connectivity index (χ1v) is 5.94. The highest BCUT2D eigenvalue weighted by molar-refractivity contribution is 5.97. The number of rotatable bonds is 2. The Morgan fingerprint density at radius 3 is 2.67 bits per heavy atom. The zero-order chi connectivity index (χ0) is 12.5. The molecule has 1 aromatic carbocycles. The molecule has 1 N–H and O–H groups in total. The Balaban J connectivity index is 1.91. The van der Waals surface area contributed by atoms with Crippen molar-refractivity contribution in [1.29, 1.82) is 0 Å². The first-order chi connectivity index (χ1) is 8.75. The molecule has 3 rings (SSSR count). The van der Waals surface area contributed by atoms with Crippen molar-refractivity contribution in [2.24, 2.45) is 0 Å². The highest BCUT2D eigenvalue weighted by Gasteiger charge is 2.26. The van der Waals surface area contributed by atoms with E-state index in [-0.39, 0.29) is 5.91 Å². The highest BCUT2D eigenvalue weighted by Crippen LogP contribution is 2.14. The van der Waals surface area contributed by atoms with Crippen molar-refractivity contribution in [3.8, 4) is 0 Å². The van der Waals surface area contributed by atoms with E-state index in [0.29, 0.717) is 11.6 Å². The summed E-state index contributed by atoms with van der Waals surface area (Å²) in [5.41, 5.74) is 2.22. The van der Waals surface area contributed by atoms with Crippen molar-refractivity contribution in [2.75, 3.05) is 20.1 Å². The molecule has 18 heavy (non-hydrogen) atoms. The van der Waals surface area contributed by atoms with Crippen molar-refractivity contribution >= 4 is 16.9 Å². The number of amides is 1. The summed E-state index contributed by atoms with van der Waals surface area (Å²) >= 11 is 0. The largest absolute Gasteiger partial charge is 0.336 e. The lowest BCUT2D eigenvalue weighted by Gasteiger charge is -2.35. The highest BCUT2D eigenvalue weighted by atomic mass is 16.2.